The molecule has 0 atom stereocenters. The lowest BCUT2D eigenvalue weighted by Crippen LogP contribution is -2.22. The van der Waals surface area contributed by atoms with E-state index in [0.717, 1.165) is 28.9 Å². The lowest BCUT2D eigenvalue weighted by atomic mass is 10.1. The van der Waals surface area contributed by atoms with E-state index in [1.54, 1.807) is 0 Å². The van der Waals surface area contributed by atoms with Crippen molar-refractivity contribution in [1.82, 2.24) is 0 Å². The third-order valence-corrected chi connectivity index (χ3v) is 3.52. The molecule has 6 heteroatoms. The van der Waals surface area contributed by atoms with E-state index in [-0.39, 0.29) is 12.2 Å². The zero-order chi connectivity index (χ0) is 17.0. The van der Waals surface area contributed by atoms with Crippen LogP contribution in [-0.2, 0) is 11.0 Å². The number of carbonyl (C=O) groups is 1. The molecule has 0 heterocycles. The van der Waals surface area contributed by atoms with E-state index in [4.69, 9.17) is 0 Å². The number of nitrogens with one attached hydrogen (secondary N) is 2. The highest BCUT2D eigenvalue weighted by atomic mass is 19.4. The number of carbonyl (C=O) groups excluding carboxylic acids is 1. The van der Waals surface area contributed by atoms with Crippen LogP contribution in [0.1, 0.15) is 16.7 Å². The molecule has 0 aliphatic rings. The van der Waals surface area contributed by atoms with Crippen LogP contribution in [-0.4, -0.2) is 12.5 Å². The fourth-order valence-electron chi connectivity index (χ4n) is 2.10. The largest absolute Gasteiger partial charge is 0.416 e. The van der Waals surface area contributed by atoms with E-state index in [1.807, 2.05) is 32.0 Å². The highest BCUT2D eigenvalue weighted by Gasteiger charge is 2.30. The normalized spacial score (nSPS) is 11.2. The third kappa shape index (κ3) is 4.48. The molecular weight excluding hydrogens is 305 g/mol. The van der Waals surface area contributed by atoms with Crippen LogP contribution in [0.25, 0.3) is 0 Å². The van der Waals surface area contributed by atoms with Gasteiger partial charge in [0.15, 0.2) is 0 Å². The molecule has 3 nitrogen and oxygen atoms in total. The van der Waals surface area contributed by atoms with Crippen LogP contribution in [0.15, 0.2) is 42.5 Å². The molecular formula is C17H17F3N2O. The van der Waals surface area contributed by atoms with Crippen LogP contribution in [0.4, 0.5) is 24.5 Å². The van der Waals surface area contributed by atoms with Crippen LogP contribution < -0.4 is 10.6 Å². The molecule has 0 spiro atoms. The first-order valence-electron chi connectivity index (χ1n) is 7.04. The quantitative estimate of drug-likeness (QED) is 0.877. The summed E-state index contributed by atoms with van der Waals surface area (Å²) < 4.78 is 37.9. The summed E-state index contributed by atoms with van der Waals surface area (Å²) in [5, 5.41) is 5.44. The molecule has 23 heavy (non-hydrogen) atoms. The zero-order valence-electron chi connectivity index (χ0n) is 12.8. The summed E-state index contributed by atoms with van der Waals surface area (Å²) >= 11 is 0. The van der Waals surface area contributed by atoms with Gasteiger partial charge < -0.3 is 10.6 Å². The molecule has 2 rings (SSSR count). The van der Waals surface area contributed by atoms with Crippen molar-refractivity contribution in [3.05, 3.63) is 59.2 Å². The molecule has 0 aliphatic carbocycles. The summed E-state index contributed by atoms with van der Waals surface area (Å²) in [6, 6.07) is 10.2. The van der Waals surface area contributed by atoms with Crippen molar-refractivity contribution in [3.63, 3.8) is 0 Å². The highest BCUT2D eigenvalue weighted by molar-refractivity contribution is 5.93. The molecule has 0 radical (unpaired) electrons. The van der Waals surface area contributed by atoms with E-state index < -0.39 is 17.6 Å². The van der Waals surface area contributed by atoms with Crippen molar-refractivity contribution >= 4 is 17.3 Å². The van der Waals surface area contributed by atoms with Gasteiger partial charge in [-0.1, -0.05) is 18.2 Å². The maximum atomic E-state index is 12.6. The molecule has 0 saturated heterocycles. The van der Waals surface area contributed by atoms with Gasteiger partial charge in [-0.15, -0.1) is 0 Å². The van der Waals surface area contributed by atoms with Crippen molar-refractivity contribution in [2.24, 2.45) is 0 Å². The van der Waals surface area contributed by atoms with Gasteiger partial charge in [-0.2, -0.15) is 13.2 Å². The van der Waals surface area contributed by atoms with E-state index >= 15 is 0 Å². The van der Waals surface area contributed by atoms with E-state index in [2.05, 4.69) is 10.6 Å². The van der Waals surface area contributed by atoms with Gasteiger partial charge in [0.25, 0.3) is 0 Å². The number of amides is 1. The van der Waals surface area contributed by atoms with Gasteiger partial charge in [0.1, 0.15) is 0 Å². The van der Waals surface area contributed by atoms with E-state index in [0.29, 0.717) is 0 Å². The van der Waals surface area contributed by atoms with E-state index in [9.17, 15) is 18.0 Å². The summed E-state index contributed by atoms with van der Waals surface area (Å²) in [6.07, 6.45) is -4.43. The van der Waals surface area contributed by atoms with Crippen LogP contribution in [0.2, 0.25) is 0 Å². The molecule has 0 saturated carbocycles. The molecule has 1 amide bonds. The number of hydrogen-bond acceptors (Lipinski definition) is 2. The summed E-state index contributed by atoms with van der Waals surface area (Å²) in [5.74, 6) is -0.412. The number of hydrogen-bond donors (Lipinski definition) is 2. The fourth-order valence-corrected chi connectivity index (χ4v) is 2.10. The molecule has 0 aromatic heterocycles. The topological polar surface area (TPSA) is 41.1 Å². The Labute approximate surface area is 132 Å². The van der Waals surface area contributed by atoms with Gasteiger partial charge in [-0.25, -0.2) is 0 Å². The maximum absolute atomic E-state index is 12.6. The Bertz CT molecular complexity index is 711. The predicted molar refractivity (Wildman–Crippen MR) is 84.5 cm³/mol. The molecule has 0 bridgehead atoms. The number of halogens is 3. The first-order chi connectivity index (χ1) is 10.8. The van der Waals surface area contributed by atoms with Gasteiger partial charge in [0.2, 0.25) is 5.91 Å². The molecule has 2 N–H and O–H groups in total. The van der Waals surface area contributed by atoms with E-state index in [1.165, 1.54) is 12.1 Å². The van der Waals surface area contributed by atoms with Gasteiger partial charge in [0.05, 0.1) is 12.1 Å². The Kier molecular flexibility index (Phi) is 4.93. The summed E-state index contributed by atoms with van der Waals surface area (Å²) in [7, 11) is 0. The Morgan fingerprint density at radius 2 is 1.78 bits per heavy atom. The van der Waals surface area contributed by atoms with Gasteiger partial charge in [0, 0.05) is 11.4 Å². The molecule has 0 fully saturated rings. The van der Waals surface area contributed by atoms with Crippen LogP contribution >= 0.6 is 0 Å². The maximum Gasteiger partial charge on any atom is 0.416 e. The number of rotatable bonds is 4. The average Bonchev–Trinajstić information content (AvgIpc) is 2.48. The second-order valence-electron chi connectivity index (χ2n) is 5.23. The van der Waals surface area contributed by atoms with Gasteiger partial charge >= 0.3 is 6.18 Å². The molecule has 2 aromatic rings. The minimum atomic E-state index is -4.43. The minimum Gasteiger partial charge on any atom is -0.376 e. The van der Waals surface area contributed by atoms with Crippen LogP contribution in [0, 0.1) is 13.8 Å². The van der Waals surface area contributed by atoms with Crippen LogP contribution in [0.5, 0.6) is 0 Å². The third-order valence-electron chi connectivity index (χ3n) is 3.52. The second kappa shape index (κ2) is 6.73. The van der Waals surface area contributed by atoms with Crippen molar-refractivity contribution in [2.75, 3.05) is 17.2 Å². The van der Waals surface area contributed by atoms with Crippen molar-refractivity contribution in [2.45, 2.75) is 20.0 Å². The minimum absolute atomic E-state index is 0.0272. The van der Waals surface area contributed by atoms with Gasteiger partial charge in [-0.05, 0) is 49.2 Å². The number of alkyl halides is 3. The SMILES string of the molecule is Cc1cccc(NCC(=O)Nc2cccc(C(F)(F)F)c2)c1C. The summed E-state index contributed by atoms with van der Waals surface area (Å²) in [5.41, 5.74) is 2.27. The second-order valence-corrected chi connectivity index (χ2v) is 5.23. The fraction of sp³-hybridized carbons (Fsp3) is 0.235. The molecule has 122 valence electrons. The monoisotopic (exact) mass is 322 g/mol. The Morgan fingerprint density at radius 1 is 1.09 bits per heavy atom. The first kappa shape index (κ1) is 16.9. The van der Waals surface area contributed by atoms with Gasteiger partial charge in [-0.3, -0.25) is 4.79 Å². The standard InChI is InChI=1S/C17H17F3N2O/c1-11-5-3-8-15(12(11)2)21-10-16(23)22-14-7-4-6-13(9-14)17(18,19)20/h3-9,21H,10H2,1-2H3,(H,22,23). The summed E-state index contributed by atoms with van der Waals surface area (Å²) in [6.45, 7) is 3.87. The first-order valence-corrected chi connectivity index (χ1v) is 7.04. The Hall–Kier alpha value is -2.50. The lowest BCUT2D eigenvalue weighted by Gasteiger charge is -2.12. The molecule has 2 aromatic carbocycles. The van der Waals surface area contributed by atoms with Crippen molar-refractivity contribution < 1.29 is 18.0 Å². The average molecular weight is 322 g/mol. The highest BCUT2D eigenvalue weighted by Crippen LogP contribution is 2.30. The lowest BCUT2D eigenvalue weighted by molar-refractivity contribution is -0.137. The van der Waals surface area contributed by atoms with Crippen molar-refractivity contribution in [1.29, 1.82) is 0 Å². The number of anilines is 2. The van der Waals surface area contributed by atoms with Crippen molar-refractivity contribution in [3.8, 4) is 0 Å². The predicted octanol–water partition coefficient (Wildman–Crippen LogP) is 4.37. The molecule has 0 aliphatic heterocycles. The number of benzene rings is 2. The zero-order valence-corrected chi connectivity index (χ0v) is 12.8. The Morgan fingerprint density at radius 3 is 2.48 bits per heavy atom. The summed E-state index contributed by atoms with van der Waals surface area (Å²) in [4.78, 5) is 11.9. The molecule has 0 unspecified atom stereocenters. The number of aryl methyl sites for hydroxylation is 1. The smallest absolute Gasteiger partial charge is 0.376 e. The van der Waals surface area contributed by atoms with Crippen LogP contribution in [0.3, 0.4) is 0 Å². The Balaban J connectivity index is 1.99.